The molecule has 0 N–H and O–H groups in total. The molecular formula is C26H27FN4O5. The Morgan fingerprint density at radius 3 is 2.53 bits per heavy atom. The van der Waals surface area contributed by atoms with Gasteiger partial charge in [-0.1, -0.05) is 35.9 Å². The molecule has 1 aromatic heterocycles. The second-order valence-corrected chi connectivity index (χ2v) is 8.70. The molecule has 0 bridgehead atoms. The maximum atomic E-state index is 14.4. The maximum absolute atomic E-state index is 14.4. The fourth-order valence-corrected chi connectivity index (χ4v) is 4.20. The Balaban J connectivity index is 1.79. The van der Waals surface area contributed by atoms with Crippen molar-refractivity contribution >= 4 is 11.9 Å². The minimum atomic E-state index is -0.921. The van der Waals surface area contributed by atoms with E-state index in [9.17, 15) is 23.6 Å². The number of halogens is 1. The molecule has 1 unspecified atom stereocenters. The van der Waals surface area contributed by atoms with Crippen LogP contribution in [0.15, 0.2) is 58.1 Å². The number of nitrogens with zero attached hydrogens (tertiary/aromatic N) is 4. The van der Waals surface area contributed by atoms with Crippen LogP contribution in [0.5, 0.6) is 0 Å². The van der Waals surface area contributed by atoms with Gasteiger partial charge in [-0.15, -0.1) is 0 Å². The van der Waals surface area contributed by atoms with E-state index in [1.807, 2.05) is 6.92 Å². The Labute approximate surface area is 206 Å². The zero-order valence-electron chi connectivity index (χ0n) is 20.1. The summed E-state index contributed by atoms with van der Waals surface area (Å²) in [6, 6.07) is 12.6. The molecule has 0 aliphatic carbocycles. The van der Waals surface area contributed by atoms with E-state index < -0.39 is 40.6 Å². The van der Waals surface area contributed by atoms with Crippen molar-refractivity contribution in [1.29, 1.82) is 0 Å². The number of benzene rings is 2. The average Bonchev–Trinajstić information content (AvgIpc) is 2.88. The van der Waals surface area contributed by atoms with Crippen molar-refractivity contribution in [3.05, 3.63) is 92.0 Å². The molecule has 1 amide bonds. The first kappa shape index (κ1) is 25.0. The van der Waals surface area contributed by atoms with Gasteiger partial charge in [0.1, 0.15) is 5.82 Å². The van der Waals surface area contributed by atoms with Gasteiger partial charge in [0, 0.05) is 18.7 Å². The van der Waals surface area contributed by atoms with Crippen molar-refractivity contribution in [3.63, 3.8) is 0 Å². The zero-order chi connectivity index (χ0) is 25.8. The summed E-state index contributed by atoms with van der Waals surface area (Å²) >= 11 is 0. The molecule has 3 aromatic rings. The van der Waals surface area contributed by atoms with Gasteiger partial charge in [0.05, 0.1) is 24.8 Å². The van der Waals surface area contributed by atoms with E-state index in [2.05, 4.69) is 5.10 Å². The Morgan fingerprint density at radius 2 is 1.83 bits per heavy atom. The molecule has 2 aromatic carbocycles. The van der Waals surface area contributed by atoms with Crippen molar-refractivity contribution in [1.82, 2.24) is 19.2 Å². The number of piperidine rings is 1. The molecule has 36 heavy (non-hydrogen) atoms. The quantitative estimate of drug-likeness (QED) is 0.487. The van der Waals surface area contributed by atoms with E-state index in [4.69, 9.17) is 4.74 Å². The van der Waals surface area contributed by atoms with E-state index in [0.717, 1.165) is 14.8 Å². The summed E-state index contributed by atoms with van der Waals surface area (Å²) in [5.41, 5.74) is -0.777. The van der Waals surface area contributed by atoms with Gasteiger partial charge in [0.15, 0.2) is 0 Å². The largest absolute Gasteiger partial charge is 0.466 e. The number of esters is 1. The van der Waals surface area contributed by atoms with Crippen LogP contribution in [0.4, 0.5) is 4.39 Å². The number of carbonyl (C=O) groups is 2. The van der Waals surface area contributed by atoms with Gasteiger partial charge in [0.2, 0.25) is 5.69 Å². The lowest BCUT2D eigenvalue weighted by Crippen LogP contribution is -2.49. The Kier molecular flexibility index (Phi) is 7.42. The van der Waals surface area contributed by atoms with Crippen LogP contribution >= 0.6 is 0 Å². The number of aryl methyl sites for hydroxylation is 1. The van der Waals surface area contributed by atoms with E-state index in [1.165, 1.54) is 23.1 Å². The molecule has 10 heteroatoms. The van der Waals surface area contributed by atoms with Crippen LogP contribution in [0.25, 0.3) is 5.69 Å². The van der Waals surface area contributed by atoms with E-state index in [0.29, 0.717) is 25.1 Å². The summed E-state index contributed by atoms with van der Waals surface area (Å²) in [6.45, 7) is 3.85. The lowest BCUT2D eigenvalue weighted by atomic mass is 9.98. The van der Waals surface area contributed by atoms with Crippen LogP contribution in [0.2, 0.25) is 0 Å². The van der Waals surface area contributed by atoms with Crippen LogP contribution in [0, 0.1) is 18.7 Å². The molecule has 2 heterocycles. The van der Waals surface area contributed by atoms with Gasteiger partial charge < -0.3 is 9.64 Å². The molecule has 1 aliphatic heterocycles. The first-order chi connectivity index (χ1) is 17.3. The van der Waals surface area contributed by atoms with Crippen LogP contribution in [-0.2, 0) is 16.1 Å². The van der Waals surface area contributed by atoms with Gasteiger partial charge in [-0.05, 0) is 44.9 Å². The van der Waals surface area contributed by atoms with E-state index >= 15 is 0 Å². The molecule has 0 spiro atoms. The molecule has 188 valence electrons. The van der Waals surface area contributed by atoms with Crippen LogP contribution in [-0.4, -0.2) is 50.8 Å². The van der Waals surface area contributed by atoms with Crippen molar-refractivity contribution in [2.24, 2.45) is 5.92 Å². The molecule has 0 saturated carbocycles. The van der Waals surface area contributed by atoms with Crippen LogP contribution in [0.3, 0.4) is 0 Å². The first-order valence-corrected chi connectivity index (χ1v) is 11.8. The summed E-state index contributed by atoms with van der Waals surface area (Å²) < 4.78 is 21.3. The predicted octanol–water partition coefficient (Wildman–Crippen LogP) is 2.31. The number of likely N-dealkylation sites (tertiary alicyclic amines) is 1. The fourth-order valence-electron chi connectivity index (χ4n) is 4.20. The lowest BCUT2D eigenvalue weighted by molar-refractivity contribution is -0.149. The number of hydrogen-bond donors (Lipinski definition) is 0. The maximum Gasteiger partial charge on any atom is 0.352 e. The molecule has 4 rings (SSSR count). The second kappa shape index (κ2) is 10.7. The van der Waals surface area contributed by atoms with Crippen LogP contribution in [0.1, 0.15) is 41.4 Å². The smallest absolute Gasteiger partial charge is 0.352 e. The summed E-state index contributed by atoms with van der Waals surface area (Å²) in [5.74, 6) is -2.18. The standard InChI is InChI=1S/C26H27FN4O5/c1-3-36-25(34)19-8-6-14-29(15-19)23(32)22-24(33)30(16-18-7-4-5-9-21(18)27)26(35)31(28-22)20-12-10-17(2)11-13-20/h4-5,7,9-13,19H,3,6,8,14-16H2,1-2H3. The molecular weight excluding hydrogens is 467 g/mol. The van der Waals surface area contributed by atoms with Gasteiger partial charge in [-0.3, -0.25) is 19.0 Å². The molecule has 1 saturated heterocycles. The fraction of sp³-hybridized carbons (Fsp3) is 0.346. The highest BCUT2D eigenvalue weighted by atomic mass is 19.1. The number of hydrogen-bond acceptors (Lipinski definition) is 6. The summed E-state index contributed by atoms with van der Waals surface area (Å²) in [6.07, 6.45) is 1.12. The van der Waals surface area contributed by atoms with E-state index in [-0.39, 0.29) is 25.3 Å². The number of rotatable bonds is 6. The van der Waals surface area contributed by atoms with Gasteiger partial charge in [-0.2, -0.15) is 9.78 Å². The third-order valence-electron chi connectivity index (χ3n) is 6.16. The molecule has 1 aliphatic rings. The van der Waals surface area contributed by atoms with Gasteiger partial charge in [0.25, 0.3) is 11.5 Å². The van der Waals surface area contributed by atoms with Gasteiger partial charge in [-0.25, -0.2) is 9.18 Å². The van der Waals surface area contributed by atoms with Crippen molar-refractivity contribution in [3.8, 4) is 5.69 Å². The highest BCUT2D eigenvalue weighted by Gasteiger charge is 2.32. The lowest BCUT2D eigenvalue weighted by Gasteiger charge is -2.31. The summed E-state index contributed by atoms with van der Waals surface area (Å²) in [5, 5.41) is 4.15. The van der Waals surface area contributed by atoms with Crippen molar-refractivity contribution in [2.45, 2.75) is 33.2 Å². The third-order valence-corrected chi connectivity index (χ3v) is 6.16. The normalized spacial score (nSPS) is 15.5. The monoisotopic (exact) mass is 494 g/mol. The highest BCUT2D eigenvalue weighted by molar-refractivity contribution is 5.92. The predicted molar refractivity (Wildman–Crippen MR) is 130 cm³/mol. The van der Waals surface area contributed by atoms with Crippen LogP contribution < -0.4 is 11.2 Å². The third kappa shape index (κ3) is 5.12. The zero-order valence-corrected chi connectivity index (χ0v) is 20.1. The molecule has 9 nitrogen and oxygen atoms in total. The average molecular weight is 495 g/mol. The molecule has 1 fully saturated rings. The molecule has 0 radical (unpaired) electrons. The minimum Gasteiger partial charge on any atom is -0.466 e. The number of ether oxygens (including phenoxy) is 1. The minimum absolute atomic E-state index is 0.0791. The number of carbonyl (C=O) groups excluding carboxylic acids is 2. The molecule has 1 atom stereocenters. The van der Waals surface area contributed by atoms with Gasteiger partial charge >= 0.3 is 11.7 Å². The highest BCUT2D eigenvalue weighted by Crippen LogP contribution is 2.19. The Morgan fingerprint density at radius 1 is 1.11 bits per heavy atom. The number of aromatic nitrogens is 3. The van der Waals surface area contributed by atoms with Crippen molar-refractivity contribution < 1.29 is 18.7 Å². The second-order valence-electron chi connectivity index (χ2n) is 8.70. The topological polar surface area (TPSA) is 104 Å². The van der Waals surface area contributed by atoms with E-state index in [1.54, 1.807) is 37.3 Å². The first-order valence-electron chi connectivity index (χ1n) is 11.8. The summed E-state index contributed by atoms with van der Waals surface area (Å²) in [7, 11) is 0. The Hall–Kier alpha value is -4.08. The number of amides is 1. The SMILES string of the molecule is CCOC(=O)C1CCCN(C(=O)c2nn(-c3ccc(C)cc3)c(=O)n(Cc3ccccc3F)c2=O)C1. The Bertz CT molecular complexity index is 1400. The summed E-state index contributed by atoms with van der Waals surface area (Å²) in [4.78, 5) is 53.8. The van der Waals surface area contributed by atoms with Crippen molar-refractivity contribution in [2.75, 3.05) is 19.7 Å².